The van der Waals surface area contributed by atoms with E-state index in [-0.39, 0.29) is 6.04 Å². The first-order valence-corrected chi connectivity index (χ1v) is 5.98. The Morgan fingerprint density at radius 2 is 2.38 bits per heavy atom. The molecule has 3 nitrogen and oxygen atoms in total. The van der Waals surface area contributed by atoms with E-state index in [0.29, 0.717) is 0 Å². The molecule has 0 aliphatic rings. The Labute approximate surface area is 103 Å². The molecule has 0 bridgehead atoms. The summed E-state index contributed by atoms with van der Waals surface area (Å²) < 4.78 is 6.12. The van der Waals surface area contributed by atoms with Gasteiger partial charge < -0.3 is 9.73 Å². The van der Waals surface area contributed by atoms with Gasteiger partial charge >= 0.3 is 0 Å². The van der Waals surface area contributed by atoms with Crippen LogP contribution in [0.3, 0.4) is 0 Å². The highest BCUT2D eigenvalue weighted by molar-refractivity contribution is 9.10. The molecule has 0 saturated carbocycles. The van der Waals surface area contributed by atoms with E-state index in [1.165, 1.54) is 0 Å². The Kier molecular flexibility index (Phi) is 3.74. The van der Waals surface area contributed by atoms with E-state index >= 15 is 0 Å². The Balaban J connectivity index is 2.37. The monoisotopic (exact) mass is 280 g/mol. The highest BCUT2D eigenvalue weighted by Gasteiger charge is 2.17. The number of nitrogens with zero attached hydrogens (tertiary/aromatic N) is 1. The van der Waals surface area contributed by atoms with E-state index in [2.05, 4.69) is 33.2 Å². The van der Waals surface area contributed by atoms with Crippen molar-refractivity contribution >= 4 is 15.9 Å². The third-order valence-corrected chi connectivity index (χ3v) is 3.02. The first-order chi connectivity index (χ1) is 7.83. The summed E-state index contributed by atoms with van der Waals surface area (Å²) in [6.45, 7) is 2.95. The van der Waals surface area contributed by atoms with Gasteiger partial charge in [0.1, 0.15) is 0 Å². The summed E-state index contributed by atoms with van der Waals surface area (Å²) in [7, 11) is 0. The quantitative estimate of drug-likeness (QED) is 0.935. The summed E-state index contributed by atoms with van der Waals surface area (Å²) in [6, 6.07) is 5.92. The number of halogens is 1. The smallest absolute Gasteiger partial charge is 0.0954 e. The van der Waals surface area contributed by atoms with Gasteiger partial charge in [-0.25, -0.2) is 0 Å². The van der Waals surface area contributed by atoms with E-state index in [1.807, 2.05) is 18.2 Å². The van der Waals surface area contributed by atoms with Crippen molar-refractivity contribution in [3.05, 3.63) is 52.7 Å². The molecule has 84 valence electrons. The molecular formula is C12H13BrN2O. The van der Waals surface area contributed by atoms with Crippen LogP contribution in [0.25, 0.3) is 0 Å². The minimum Gasteiger partial charge on any atom is -0.472 e. The lowest BCUT2D eigenvalue weighted by Crippen LogP contribution is -2.22. The van der Waals surface area contributed by atoms with Crippen LogP contribution in [0.1, 0.15) is 24.2 Å². The second kappa shape index (κ2) is 5.27. The maximum absolute atomic E-state index is 5.12. The maximum Gasteiger partial charge on any atom is 0.0954 e. The Hall–Kier alpha value is -1.13. The lowest BCUT2D eigenvalue weighted by atomic mass is 10.1. The van der Waals surface area contributed by atoms with Crippen LogP contribution >= 0.6 is 15.9 Å². The zero-order valence-corrected chi connectivity index (χ0v) is 10.6. The minimum atomic E-state index is 0.0688. The molecule has 2 aromatic heterocycles. The van der Waals surface area contributed by atoms with E-state index in [0.717, 1.165) is 22.3 Å². The second-order valence-electron chi connectivity index (χ2n) is 3.42. The third-order valence-electron chi connectivity index (χ3n) is 2.35. The zero-order valence-electron chi connectivity index (χ0n) is 8.98. The maximum atomic E-state index is 5.12. The Morgan fingerprint density at radius 1 is 1.50 bits per heavy atom. The molecule has 1 atom stereocenters. The van der Waals surface area contributed by atoms with Crippen molar-refractivity contribution in [2.24, 2.45) is 0 Å². The fraction of sp³-hybridized carbons (Fsp3) is 0.250. The van der Waals surface area contributed by atoms with Crippen molar-refractivity contribution in [1.29, 1.82) is 0 Å². The Morgan fingerprint density at radius 3 is 3.00 bits per heavy atom. The molecule has 1 N–H and O–H groups in total. The molecule has 0 spiro atoms. The van der Waals surface area contributed by atoms with Gasteiger partial charge in [-0.1, -0.05) is 6.92 Å². The third kappa shape index (κ3) is 2.33. The summed E-state index contributed by atoms with van der Waals surface area (Å²) in [5.74, 6) is 0. The Bertz CT molecular complexity index is 442. The summed E-state index contributed by atoms with van der Waals surface area (Å²) in [5.41, 5.74) is 2.06. The van der Waals surface area contributed by atoms with Gasteiger partial charge in [0.05, 0.1) is 24.3 Å². The number of pyridine rings is 1. The van der Waals surface area contributed by atoms with Gasteiger partial charge in [0.15, 0.2) is 0 Å². The minimum absolute atomic E-state index is 0.0688. The average molecular weight is 281 g/mol. The van der Waals surface area contributed by atoms with E-state index in [9.17, 15) is 0 Å². The van der Waals surface area contributed by atoms with Crippen LogP contribution in [-0.4, -0.2) is 11.5 Å². The van der Waals surface area contributed by atoms with Gasteiger partial charge in [0, 0.05) is 16.2 Å². The van der Waals surface area contributed by atoms with E-state index in [4.69, 9.17) is 4.42 Å². The molecule has 0 radical (unpaired) electrons. The van der Waals surface area contributed by atoms with E-state index in [1.54, 1.807) is 18.7 Å². The molecule has 0 aliphatic carbocycles. The van der Waals surface area contributed by atoms with Gasteiger partial charge in [0.2, 0.25) is 0 Å². The van der Waals surface area contributed by atoms with Gasteiger partial charge in [-0.2, -0.15) is 0 Å². The van der Waals surface area contributed by atoms with Gasteiger partial charge in [-0.3, -0.25) is 4.98 Å². The molecule has 2 heterocycles. The predicted molar refractivity (Wildman–Crippen MR) is 66.2 cm³/mol. The van der Waals surface area contributed by atoms with Crippen LogP contribution in [0, 0.1) is 0 Å². The fourth-order valence-electron chi connectivity index (χ4n) is 1.63. The van der Waals surface area contributed by atoms with Crippen LogP contribution < -0.4 is 5.32 Å². The SMILES string of the molecule is CCNC(c1ccoc1)c1ncccc1Br. The second-order valence-corrected chi connectivity index (χ2v) is 4.27. The van der Waals surface area contributed by atoms with Gasteiger partial charge in [-0.05, 0) is 40.7 Å². The van der Waals surface area contributed by atoms with Gasteiger partial charge in [-0.15, -0.1) is 0 Å². The van der Waals surface area contributed by atoms with Crippen LogP contribution in [-0.2, 0) is 0 Å². The molecule has 0 saturated heterocycles. The van der Waals surface area contributed by atoms with Crippen molar-refractivity contribution < 1.29 is 4.42 Å². The molecule has 0 amide bonds. The molecule has 0 aliphatic heterocycles. The summed E-state index contributed by atoms with van der Waals surface area (Å²) in [4.78, 5) is 4.40. The number of nitrogens with one attached hydrogen (secondary N) is 1. The summed E-state index contributed by atoms with van der Waals surface area (Å²) in [6.07, 6.45) is 5.22. The van der Waals surface area contributed by atoms with Crippen molar-refractivity contribution in [3.8, 4) is 0 Å². The normalized spacial score (nSPS) is 12.6. The fourth-order valence-corrected chi connectivity index (χ4v) is 2.11. The highest BCUT2D eigenvalue weighted by atomic mass is 79.9. The predicted octanol–water partition coefficient (Wildman–Crippen LogP) is 3.14. The van der Waals surface area contributed by atoms with Crippen molar-refractivity contribution in [1.82, 2.24) is 10.3 Å². The highest BCUT2D eigenvalue weighted by Crippen LogP contribution is 2.26. The van der Waals surface area contributed by atoms with Crippen LogP contribution in [0.4, 0.5) is 0 Å². The molecule has 2 rings (SSSR count). The topological polar surface area (TPSA) is 38.1 Å². The zero-order chi connectivity index (χ0) is 11.4. The molecule has 0 aromatic carbocycles. The summed E-state index contributed by atoms with van der Waals surface area (Å²) in [5, 5.41) is 3.39. The van der Waals surface area contributed by atoms with Gasteiger partial charge in [0.25, 0.3) is 0 Å². The van der Waals surface area contributed by atoms with E-state index < -0.39 is 0 Å². The number of furan rings is 1. The molecule has 4 heteroatoms. The number of aromatic nitrogens is 1. The molecule has 0 fully saturated rings. The van der Waals surface area contributed by atoms with Crippen molar-refractivity contribution in [2.75, 3.05) is 6.54 Å². The first kappa shape index (κ1) is 11.4. The molecule has 2 aromatic rings. The van der Waals surface area contributed by atoms with Crippen molar-refractivity contribution in [2.45, 2.75) is 13.0 Å². The molecule has 1 unspecified atom stereocenters. The van der Waals surface area contributed by atoms with Crippen LogP contribution in [0.15, 0.2) is 45.8 Å². The lowest BCUT2D eigenvalue weighted by Gasteiger charge is -2.16. The van der Waals surface area contributed by atoms with Crippen molar-refractivity contribution in [3.63, 3.8) is 0 Å². The number of rotatable bonds is 4. The largest absolute Gasteiger partial charge is 0.472 e. The number of hydrogen-bond acceptors (Lipinski definition) is 3. The lowest BCUT2D eigenvalue weighted by molar-refractivity contribution is 0.550. The first-order valence-electron chi connectivity index (χ1n) is 5.18. The van der Waals surface area contributed by atoms with Crippen LogP contribution in [0.2, 0.25) is 0 Å². The van der Waals surface area contributed by atoms with Crippen LogP contribution in [0.5, 0.6) is 0 Å². The standard InChI is InChI=1S/C12H13BrN2O/c1-2-14-11(9-5-7-16-8-9)12-10(13)4-3-6-15-12/h3-8,11,14H,2H2,1H3. The molecule has 16 heavy (non-hydrogen) atoms. The molecular weight excluding hydrogens is 268 g/mol. The summed E-state index contributed by atoms with van der Waals surface area (Å²) >= 11 is 3.52. The average Bonchev–Trinajstić information content (AvgIpc) is 2.80. The number of hydrogen-bond donors (Lipinski definition) is 1.